The van der Waals surface area contributed by atoms with Crippen molar-refractivity contribution in [2.45, 2.75) is 6.92 Å². The monoisotopic (exact) mass is 269 g/mol. The number of carbonyl (C=O) groups is 1. The van der Waals surface area contributed by atoms with Crippen molar-refractivity contribution in [2.24, 2.45) is 4.40 Å². The van der Waals surface area contributed by atoms with Crippen molar-refractivity contribution < 1.29 is 9.53 Å². The molecule has 1 N–H and O–H groups in total. The van der Waals surface area contributed by atoms with Gasteiger partial charge in [-0.1, -0.05) is 0 Å². The molecule has 0 heterocycles. The van der Waals surface area contributed by atoms with Crippen LogP contribution in [0.5, 0.6) is 0 Å². The normalized spacial score (nSPS) is 11.1. The number of ether oxygens (including phenoxy) is 1. The maximum Gasteiger partial charge on any atom is 0.345 e. The lowest BCUT2D eigenvalue weighted by atomic mass is 10.8. The van der Waals surface area contributed by atoms with Gasteiger partial charge in [0.2, 0.25) is 0 Å². The second kappa shape index (κ2) is 9.05. The number of amidine groups is 1. The van der Waals surface area contributed by atoms with Crippen LogP contribution in [0.25, 0.3) is 0 Å². The highest BCUT2D eigenvalue weighted by molar-refractivity contribution is 8.12. The largest absolute Gasteiger partial charge is 0.465 e. The van der Waals surface area contributed by atoms with Gasteiger partial charge in [0.05, 0.1) is 6.61 Å². The summed E-state index contributed by atoms with van der Waals surface area (Å²) in [5.74, 6) is 0. The van der Waals surface area contributed by atoms with Gasteiger partial charge in [0.25, 0.3) is 0 Å². The minimum atomic E-state index is -0.253. The summed E-state index contributed by atoms with van der Waals surface area (Å²) in [5.41, 5.74) is 0. The lowest BCUT2D eigenvalue weighted by molar-refractivity contribution is 0.238. The van der Waals surface area contributed by atoms with E-state index in [-0.39, 0.29) is 12.1 Å². The van der Waals surface area contributed by atoms with Crippen molar-refractivity contribution in [1.29, 1.82) is 0 Å². The summed E-state index contributed by atoms with van der Waals surface area (Å²) >= 11 is 3.88. The summed E-state index contributed by atoms with van der Waals surface area (Å²) in [6, 6.07) is -0.0145. The molecule has 0 saturated heterocycles. The van der Waals surface area contributed by atoms with E-state index in [0.717, 1.165) is 0 Å². The van der Waals surface area contributed by atoms with Gasteiger partial charge in [-0.05, 0) is 42.8 Å². The molecule has 0 bridgehead atoms. The van der Waals surface area contributed by atoms with Crippen LogP contribution in [0.4, 0.5) is 4.79 Å². The topological polar surface area (TPSA) is 53.9 Å². The second-order valence-corrected chi connectivity index (χ2v) is 4.30. The summed E-state index contributed by atoms with van der Waals surface area (Å²) < 4.78 is 10.6. The smallest absolute Gasteiger partial charge is 0.345 e. The Morgan fingerprint density at radius 1 is 1.40 bits per heavy atom. The van der Waals surface area contributed by atoms with Crippen LogP contribution in [-0.2, 0) is 4.74 Å². The molecule has 0 aliphatic rings. The average molecular weight is 269 g/mol. The SMILES string of the molecule is CCOC(=NSC)NC(=O)N(SC)SC. The average Bonchev–Trinajstić information content (AvgIpc) is 2.20. The highest BCUT2D eigenvalue weighted by Crippen LogP contribution is 2.15. The van der Waals surface area contributed by atoms with E-state index < -0.39 is 0 Å². The maximum absolute atomic E-state index is 11.6. The molecule has 0 saturated carbocycles. The summed E-state index contributed by atoms with van der Waals surface area (Å²) in [6.45, 7) is 2.31. The van der Waals surface area contributed by atoms with E-state index in [1.807, 2.05) is 19.4 Å². The van der Waals surface area contributed by atoms with Gasteiger partial charge in [0.1, 0.15) is 0 Å². The van der Waals surface area contributed by atoms with Crippen molar-refractivity contribution in [3.8, 4) is 0 Å². The quantitative estimate of drug-likeness (QED) is 0.482. The number of nitrogens with zero attached hydrogens (tertiary/aromatic N) is 2. The number of rotatable bonds is 4. The van der Waals surface area contributed by atoms with E-state index in [0.29, 0.717) is 6.61 Å². The van der Waals surface area contributed by atoms with Crippen LogP contribution in [0.1, 0.15) is 6.92 Å². The first kappa shape index (κ1) is 14.8. The Kier molecular flexibility index (Phi) is 8.92. The fraction of sp³-hybridized carbons (Fsp3) is 0.714. The number of hydrogen-bond acceptors (Lipinski definition) is 6. The Morgan fingerprint density at radius 2 is 2.00 bits per heavy atom. The number of carbonyl (C=O) groups excluding carboxylic acids is 1. The molecule has 5 nitrogen and oxygen atoms in total. The highest BCUT2D eigenvalue weighted by Gasteiger charge is 2.14. The Morgan fingerprint density at radius 3 is 2.40 bits per heavy atom. The van der Waals surface area contributed by atoms with Crippen LogP contribution >= 0.6 is 35.8 Å². The Hall–Kier alpha value is -0.210. The van der Waals surface area contributed by atoms with E-state index in [1.54, 1.807) is 6.26 Å². The van der Waals surface area contributed by atoms with Gasteiger partial charge >= 0.3 is 12.1 Å². The fourth-order valence-corrected chi connectivity index (χ4v) is 1.97. The summed E-state index contributed by atoms with van der Waals surface area (Å²) in [6.07, 6.45) is 5.44. The third-order valence-corrected chi connectivity index (χ3v) is 3.40. The van der Waals surface area contributed by atoms with E-state index in [2.05, 4.69) is 9.71 Å². The van der Waals surface area contributed by atoms with Gasteiger partial charge < -0.3 is 4.74 Å². The second-order valence-electron chi connectivity index (χ2n) is 2.06. The zero-order valence-electron chi connectivity index (χ0n) is 9.14. The highest BCUT2D eigenvalue weighted by atomic mass is 32.2. The van der Waals surface area contributed by atoms with Crippen LogP contribution in [0.3, 0.4) is 0 Å². The van der Waals surface area contributed by atoms with E-state index in [9.17, 15) is 4.79 Å². The zero-order chi connectivity index (χ0) is 11.7. The molecule has 8 heteroatoms. The summed E-state index contributed by atoms with van der Waals surface area (Å²) in [4.78, 5) is 11.6. The molecule has 0 aromatic rings. The molecule has 0 aromatic heterocycles. The van der Waals surface area contributed by atoms with Gasteiger partial charge in [-0.2, -0.15) is 4.40 Å². The van der Waals surface area contributed by atoms with Crippen LogP contribution < -0.4 is 5.32 Å². The number of urea groups is 1. The van der Waals surface area contributed by atoms with E-state index in [1.165, 1.54) is 39.6 Å². The lowest BCUT2D eigenvalue weighted by Crippen LogP contribution is -2.37. The molecule has 0 aromatic carbocycles. The third kappa shape index (κ3) is 6.06. The van der Waals surface area contributed by atoms with Crippen molar-refractivity contribution in [3.05, 3.63) is 0 Å². The summed E-state index contributed by atoms with van der Waals surface area (Å²) in [5, 5.41) is 2.57. The number of amides is 2. The molecule has 0 aliphatic heterocycles. The predicted molar refractivity (Wildman–Crippen MR) is 70.0 cm³/mol. The minimum Gasteiger partial charge on any atom is -0.465 e. The maximum atomic E-state index is 11.6. The van der Waals surface area contributed by atoms with Gasteiger partial charge in [-0.25, -0.2) is 8.51 Å². The van der Waals surface area contributed by atoms with Gasteiger partial charge in [-0.15, -0.1) is 0 Å². The predicted octanol–water partition coefficient (Wildman–Crippen LogP) is 2.22. The van der Waals surface area contributed by atoms with Gasteiger partial charge in [0.15, 0.2) is 0 Å². The van der Waals surface area contributed by atoms with Crippen LogP contribution in [0.2, 0.25) is 0 Å². The standard InChI is InChI=1S/C7H15N3O2S3/c1-5-12-6(9-13-2)8-7(11)10(14-3)15-4/h5H2,1-4H3,(H,8,9,11). The van der Waals surface area contributed by atoms with Gasteiger partial charge in [0, 0.05) is 18.8 Å². The van der Waals surface area contributed by atoms with Crippen molar-refractivity contribution in [3.63, 3.8) is 0 Å². The van der Waals surface area contributed by atoms with Crippen molar-refractivity contribution >= 4 is 47.9 Å². The van der Waals surface area contributed by atoms with E-state index in [4.69, 9.17) is 4.74 Å². The van der Waals surface area contributed by atoms with Crippen LogP contribution in [0.15, 0.2) is 4.40 Å². The molecule has 0 unspecified atom stereocenters. The Bertz CT molecular complexity index is 222. The first-order chi connectivity index (χ1) is 7.19. The Balaban J connectivity index is 4.27. The van der Waals surface area contributed by atoms with Crippen molar-refractivity contribution in [1.82, 2.24) is 9.03 Å². The molecule has 0 fully saturated rings. The van der Waals surface area contributed by atoms with Crippen LogP contribution in [0, 0.1) is 0 Å². The molecular formula is C7H15N3O2S3. The summed E-state index contributed by atoms with van der Waals surface area (Å²) in [7, 11) is 0. The van der Waals surface area contributed by atoms with Gasteiger partial charge in [-0.3, -0.25) is 5.32 Å². The fourth-order valence-electron chi connectivity index (χ4n) is 0.682. The molecule has 0 aliphatic carbocycles. The first-order valence-corrected chi connectivity index (χ1v) is 7.67. The third-order valence-electron chi connectivity index (χ3n) is 1.17. The first-order valence-electron chi connectivity index (χ1n) is 4.12. The molecule has 0 atom stereocenters. The lowest BCUT2D eigenvalue weighted by Gasteiger charge is -2.16. The molecule has 15 heavy (non-hydrogen) atoms. The zero-order valence-corrected chi connectivity index (χ0v) is 11.6. The van der Waals surface area contributed by atoms with Crippen LogP contribution in [-0.4, -0.2) is 41.1 Å². The molecule has 88 valence electrons. The molecule has 2 amide bonds. The van der Waals surface area contributed by atoms with Crippen molar-refractivity contribution in [2.75, 3.05) is 25.4 Å². The molecule has 0 radical (unpaired) electrons. The minimum absolute atomic E-state index is 0.239. The molecular weight excluding hydrogens is 254 g/mol. The Labute approximate surface area is 103 Å². The molecule has 0 rings (SSSR count). The van der Waals surface area contributed by atoms with E-state index >= 15 is 0 Å². The molecule has 0 spiro atoms. The number of hydrogen-bond donors (Lipinski definition) is 1. The number of nitrogens with one attached hydrogen (secondary N) is 1.